The van der Waals surface area contributed by atoms with Gasteiger partial charge < -0.3 is 0 Å². The molecule has 23 heavy (non-hydrogen) atoms. The molecule has 0 amide bonds. The number of hydrogen-bond donors (Lipinski definition) is 0. The van der Waals surface area contributed by atoms with Gasteiger partial charge >= 0.3 is 0 Å². The Hall–Kier alpha value is -2.00. The molecule has 0 unspecified atom stereocenters. The molecule has 0 fully saturated rings. The molecule has 1 aromatic heterocycles. The van der Waals surface area contributed by atoms with Crippen LogP contribution in [0.2, 0.25) is 10.0 Å². The summed E-state index contributed by atoms with van der Waals surface area (Å²) in [6.45, 7) is 0. The van der Waals surface area contributed by atoms with Crippen LogP contribution in [0.15, 0.2) is 53.7 Å². The zero-order valence-electron chi connectivity index (χ0n) is 11.8. The number of thioether (sulfide) groups is 1. The first kappa shape index (κ1) is 15.9. The van der Waals surface area contributed by atoms with Crippen molar-refractivity contribution in [3.05, 3.63) is 58.6 Å². The van der Waals surface area contributed by atoms with Crippen molar-refractivity contribution in [2.45, 2.75) is 5.16 Å². The van der Waals surface area contributed by atoms with E-state index in [1.54, 1.807) is 12.1 Å². The Kier molecular flexibility index (Phi) is 4.87. The number of halogens is 2. The normalized spacial score (nSPS) is 10.5. The highest BCUT2D eigenvalue weighted by Crippen LogP contribution is 2.33. The maximum Gasteiger partial charge on any atom is 0.197 e. The Morgan fingerprint density at radius 1 is 1.09 bits per heavy atom. The maximum atomic E-state index is 8.82. The highest BCUT2D eigenvalue weighted by atomic mass is 35.5. The fourth-order valence-corrected chi connectivity index (χ4v) is 3.22. The van der Waals surface area contributed by atoms with Crippen molar-refractivity contribution in [3.8, 4) is 23.1 Å². The SMILES string of the molecule is N#CCSc1nnc(-c2ccc(Cl)cc2Cl)n1-c1ccccc1. The van der Waals surface area contributed by atoms with Gasteiger partial charge in [0, 0.05) is 16.3 Å². The van der Waals surface area contributed by atoms with Gasteiger partial charge in [0.2, 0.25) is 0 Å². The average Bonchev–Trinajstić information content (AvgIpc) is 2.97. The van der Waals surface area contributed by atoms with Crippen molar-refractivity contribution >= 4 is 35.0 Å². The topological polar surface area (TPSA) is 54.5 Å². The van der Waals surface area contributed by atoms with E-state index in [4.69, 9.17) is 28.5 Å². The fraction of sp³-hybridized carbons (Fsp3) is 0.0625. The molecule has 1 heterocycles. The van der Waals surface area contributed by atoms with E-state index >= 15 is 0 Å². The van der Waals surface area contributed by atoms with Gasteiger partial charge in [0.05, 0.1) is 16.8 Å². The molecular weight excluding hydrogens is 351 g/mol. The van der Waals surface area contributed by atoms with Gasteiger partial charge in [-0.25, -0.2) is 0 Å². The van der Waals surface area contributed by atoms with Crippen LogP contribution >= 0.6 is 35.0 Å². The zero-order valence-corrected chi connectivity index (χ0v) is 14.1. The molecule has 0 N–H and O–H groups in total. The Morgan fingerprint density at radius 3 is 2.57 bits per heavy atom. The van der Waals surface area contributed by atoms with Crippen LogP contribution in [0.25, 0.3) is 17.1 Å². The van der Waals surface area contributed by atoms with E-state index in [1.807, 2.05) is 41.0 Å². The van der Waals surface area contributed by atoms with Gasteiger partial charge in [-0.3, -0.25) is 4.57 Å². The smallest absolute Gasteiger partial charge is 0.197 e. The van der Waals surface area contributed by atoms with E-state index in [0.29, 0.717) is 26.8 Å². The summed E-state index contributed by atoms with van der Waals surface area (Å²) >= 11 is 13.6. The number of nitriles is 1. The third-order valence-electron chi connectivity index (χ3n) is 3.09. The lowest BCUT2D eigenvalue weighted by Gasteiger charge is -2.10. The van der Waals surface area contributed by atoms with Crippen LogP contribution in [-0.2, 0) is 0 Å². The summed E-state index contributed by atoms with van der Waals surface area (Å²) in [7, 11) is 0. The molecule has 0 saturated carbocycles. The van der Waals surface area contributed by atoms with Crippen LogP contribution in [0.3, 0.4) is 0 Å². The molecule has 0 saturated heterocycles. The number of aromatic nitrogens is 3. The van der Waals surface area contributed by atoms with E-state index in [1.165, 1.54) is 11.8 Å². The molecule has 3 aromatic rings. The van der Waals surface area contributed by atoms with Crippen LogP contribution in [0, 0.1) is 11.3 Å². The lowest BCUT2D eigenvalue weighted by Crippen LogP contribution is -2.00. The van der Waals surface area contributed by atoms with Crippen molar-refractivity contribution in [2.24, 2.45) is 0 Å². The highest BCUT2D eigenvalue weighted by molar-refractivity contribution is 7.99. The summed E-state index contributed by atoms with van der Waals surface area (Å²) in [5, 5.41) is 19.0. The van der Waals surface area contributed by atoms with Gasteiger partial charge in [-0.1, -0.05) is 53.2 Å². The molecule has 3 rings (SSSR count). The van der Waals surface area contributed by atoms with Crippen LogP contribution in [0.1, 0.15) is 0 Å². The summed E-state index contributed by atoms with van der Waals surface area (Å²) in [6.07, 6.45) is 0. The van der Waals surface area contributed by atoms with Crippen molar-refractivity contribution < 1.29 is 0 Å². The quantitative estimate of drug-likeness (QED) is 0.623. The lowest BCUT2D eigenvalue weighted by molar-refractivity contribution is 0.888. The van der Waals surface area contributed by atoms with Gasteiger partial charge in [-0.15, -0.1) is 10.2 Å². The standard InChI is InChI=1S/C16H10Cl2N4S/c17-11-6-7-13(14(18)10-11)15-20-21-16(23-9-8-19)22(15)12-4-2-1-3-5-12/h1-7,10H,9H2. The number of nitrogens with zero attached hydrogens (tertiary/aromatic N) is 4. The minimum Gasteiger partial charge on any atom is -0.270 e. The van der Waals surface area contributed by atoms with Crippen LogP contribution in [0.5, 0.6) is 0 Å². The summed E-state index contributed by atoms with van der Waals surface area (Å²) in [5.41, 5.74) is 1.63. The summed E-state index contributed by atoms with van der Waals surface area (Å²) in [6, 6.07) is 17.0. The molecule has 0 aliphatic heterocycles. The third kappa shape index (κ3) is 3.35. The average molecular weight is 361 g/mol. The first-order valence-electron chi connectivity index (χ1n) is 6.66. The second-order valence-electron chi connectivity index (χ2n) is 4.55. The number of benzene rings is 2. The first-order valence-corrected chi connectivity index (χ1v) is 8.41. The van der Waals surface area contributed by atoms with Crippen LogP contribution < -0.4 is 0 Å². The lowest BCUT2D eigenvalue weighted by atomic mass is 10.2. The number of para-hydroxylation sites is 1. The Balaban J connectivity index is 2.18. The molecule has 0 spiro atoms. The summed E-state index contributed by atoms with van der Waals surface area (Å²) in [5.74, 6) is 0.901. The van der Waals surface area contributed by atoms with Gasteiger partial charge in [0.15, 0.2) is 11.0 Å². The van der Waals surface area contributed by atoms with E-state index in [0.717, 1.165) is 11.3 Å². The Morgan fingerprint density at radius 2 is 1.87 bits per heavy atom. The monoisotopic (exact) mass is 360 g/mol. The summed E-state index contributed by atoms with van der Waals surface area (Å²) in [4.78, 5) is 0. The molecule has 4 nitrogen and oxygen atoms in total. The minimum absolute atomic E-state index is 0.291. The fourth-order valence-electron chi connectivity index (χ4n) is 2.12. The number of hydrogen-bond acceptors (Lipinski definition) is 4. The molecule has 0 aliphatic rings. The molecule has 0 bridgehead atoms. The van der Waals surface area contributed by atoms with Crippen LogP contribution in [-0.4, -0.2) is 20.5 Å². The van der Waals surface area contributed by atoms with E-state index in [-0.39, 0.29) is 0 Å². The predicted molar refractivity (Wildman–Crippen MR) is 93.2 cm³/mol. The molecule has 2 aromatic carbocycles. The molecule has 114 valence electrons. The maximum absolute atomic E-state index is 8.82. The van der Waals surface area contributed by atoms with E-state index < -0.39 is 0 Å². The van der Waals surface area contributed by atoms with Crippen molar-refractivity contribution in [3.63, 3.8) is 0 Å². The molecular formula is C16H10Cl2N4S. The molecule has 0 atom stereocenters. The second kappa shape index (κ2) is 7.05. The molecule has 7 heteroatoms. The minimum atomic E-state index is 0.291. The molecule has 0 aliphatic carbocycles. The van der Waals surface area contributed by atoms with Crippen molar-refractivity contribution in [2.75, 3.05) is 5.75 Å². The molecule has 0 radical (unpaired) electrons. The number of rotatable bonds is 4. The first-order chi connectivity index (χ1) is 11.2. The third-order valence-corrected chi connectivity index (χ3v) is 4.43. The van der Waals surface area contributed by atoms with E-state index in [2.05, 4.69) is 16.3 Å². The largest absolute Gasteiger partial charge is 0.270 e. The van der Waals surface area contributed by atoms with Gasteiger partial charge in [0.1, 0.15) is 0 Å². The predicted octanol–water partition coefficient (Wildman–Crippen LogP) is 4.86. The Bertz CT molecular complexity index is 872. The highest BCUT2D eigenvalue weighted by Gasteiger charge is 2.18. The van der Waals surface area contributed by atoms with E-state index in [9.17, 15) is 0 Å². The van der Waals surface area contributed by atoms with Crippen molar-refractivity contribution in [1.29, 1.82) is 5.26 Å². The zero-order chi connectivity index (χ0) is 16.2. The van der Waals surface area contributed by atoms with Crippen molar-refractivity contribution in [1.82, 2.24) is 14.8 Å². The van der Waals surface area contributed by atoms with Gasteiger partial charge in [-0.2, -0.15) is 5.26 Å². The van der Waals surface area contributed by atoms with Crippen LogP contribution in [0.4, 0.5) is 0 Å². The Labute approximate surface area is 147 Å². The summed E-state index contributed by atoms with van der Waals surface area (Å²) < 4.78 is 1.89. The van der Waals surface area contributed by atoms with Gasteiger partial charge in [0.25, 0.3) is 0 Å². The van der Waals surface area contributed by atoms with Gasteiger partial charge in [-0.05, 0) is 30.3 Å². The second-order valence-corrected chi connectivity index (χ2v) is 6.33.